The average Bonchev–Trinajstić information content (AvgIpc) is 2.24. The van der Waals surface area contributed by atoms with Crippen molar-refractivity contribution in [2.75, 3.05) is 6.54 Å². The van der Waals surface area contributed by atoms with Gasteiger partial charge in [0, 0.05) is 18.5 Å². The van der Waals surface area contributed by atoms with E-state index in [2.05, 4.69) is 11.2 Å². The molecule has 0 saturated heterocycles. The van der Waals surface area contributed by atoms with Crippen LogP contribution in [0.25, 0.3) is 0 Å². The van der Waals surface area contributed by atoms with Crippen LogP contribution in [0.5, 0.6) is 5.75 Å². The van der Waals surface area contributed by atoms with Crippen molar-refractivity contribution >= 4 is 5.91 Å². The van der Waals surface area contributed by atoms with Crippen molar-refractivity contribution in [3.05, 3.63) is 29.3 Å². The molecule has 1 amide bonds. The number of benzene rings is 1. The molecular weight excluding hydrogens is 202 g/mol. The highest BCUT2D eigenvalue weighted by Gasteiger charge is 2.08. The summed E-state index contributed by atoms with van der Waals surface area (Å²) in [5, 5.41) is 12.0. The Morgan fingerprint density at radius 3 is 2.94 bits per heavy atom. The molecule has 3 heteroatoms. The van der Waals surface area contributed by atoms with Gasteiger partial charge in [-0.05, 0) is 37.1 Å². The van der Waals surface area contributed by atoms with Crippen LogP contribution in [0.15, 0.2) is 18.2 Å². The van der Waals surface area contributed by atoms with Crippen molar-refractivity contribution in [3.8, 4) is 18.1 Å². The first-order valence-electron chi connectivity index (χ1n) is 5.16. The normalized spacial score (nSPS) is 9.50. The van der Waals surface area contributed by atoms with Gasteiger partial charge in [0.1, 0.15) is 5.75 Å². The molecule has 0 unspecified atom stereocenters. The van der Waals surface area contributed by atoms with E-state index in [1.165, 1.54) is 6.07 Å². The number of carbonyl (C=O) groups excluding carboxylic acids is 1. The summed E-state index contributed by atoms with van der Waals surface area (Å²) in [7, 11) is 0. The molecule has 0 aromatic heterocycles. The molecule has 1 aromatic carbocycles. The fourth-order valence-electron chi connectivity index (χ4n) is 1.39. The summed E-state index contributed by atoms with van der Waals surface area (Å²) < 4.78 is 0. The lowest BCUT2D eigenvalue weighted by atomic mass is 10.1. The molecule has 0 aliphatic rings. The Labute approximate surface area is 95.5 Å². The molecule has 0 radical (unpaired) electrons. The maximum atomic E-state index is 11.7. The van der Waals surface area contributed by atoms with Crippen LogP contribution in [0.1, 0.15) is 28.8 Å². The summed E-state index contributed by atoms with van der Waals surface area (Å²) in [5.41, 5.74) is 1.34. The Morgan fingerprint density at radius 1 is 1.56 bits per heavy atom. The smallest absolute Gasteiger partial charge is 0.251 e. The van der Waals surface area contributed by atoms with E-state index in [0.717, 1.165) is 12.0 Å². The fraction of sp³-hybridized carbons (Fsp3) is 0.308. The predicted molar refractivity (Wildman–Crippen MR) is 63.2 cm³/mol. The second-order valence-corrected chi connectivity index (χ2v) is 3.56. The second kappa shape index (κ2) is 5.82. The molecule has 0 bridgehead atoms. The van der Waals surface area contributed by atoms with Crippen molar-refractivity contribution in [2.24, 2.45) is 0 Å². The van der Waals surface area contributed by atoms with Crippen LogP contribution in [0.2, 0.25) is 0 Å². The number of nitrogens with one attached hydrogen (secondary N) is 1. The minimum Gasteiger partial charge on any atom is -0.508 e. The van der Waals surface area contributed by atoms with E-state index in [1.54, 1.807) is 19.1 Å². The molecule has 0 atom stereocenters. The lowest BCUT2D eigenvalue weighted by Crippen LogP contribution is -2.25. The van der Waals surface area contributed by atoms with Gasteiger partial charge in [-0.2, -0.15) is 0 Å². The highest BCUT2D eigenvalue weighted by atomic mass is 16.3. The first-order valence-corrected chi connectivity index (χ1v) is 5.16. The maximum Gasteiger partial charge on any atom is 0.251 e. The van der Waals surface area contributed by atoms with Gasteiger partial charge in [-0.1, -0.05) is 0 Å². The van der Waals surface area contributed by atoms with Crippen molar-refractivity contribution in [1.29, 1.82) is 0 Å². The van der Waals surface area contributed by atoms with Gasteiger partial charge in [0.15, 0.2) is 0 Å². The number of unbranched alkanes of at least 4 members (excludes halogenated alkanes) is 1. The number of terminal acetylenes is 1. The number of hydrogen-bond donors (Lipinski definition) is 2. The minimum atomic E-state index is -0.130. The van der Waals surface area contributed by atoms with Gasteiger partial charge < -0.3 is 10.4 Å². The van der Waals surface area contributed by atoms with Gasteiger partial charge in [-0.25, -0.2) is 0 Å². The van der Waals surface area contributed by atoms with Crippen LogP contribution >= 0.6 is 0 Å². The van der Waals surface area contributed by atoms with Gasteiger partial charge in [0.25, 0.3) is 5.91 Å². The molecule has 0 fully saturated rings. The van der Waals surface area contributed by atoms with E-state index in [1.807, 2.05) is 0 Å². The van der Waals surface area contributed by atoms with Crippen LogP contribution < -0.4 is 5.32 Å². The Kier molecular flexibility index (Phi) is 4.41. The van der Waals surface area contributed by atoms with Crippen LogP contribution in [-0.2, 0) is 0 Å². The summed E-state index contributed by atoms with van der Waals surface area (Å²) in [4.78, 5) is 11.7. The third kappa shape index (κ3) is 3.32. The van der Waals surface area contributed by atoms with E-state index in [4.69, 9.17) is 6.42 Å². The number of carbonyl (C=O) groups is 1. The summed E-state index contributed by atoms with van der Waals surface area (Å²) in [5.74, 6) is 2.55. The molecule has 0 aliphatic heterocycles. The van der Waals surface area contributed by atoms with Gasteiger partial charge in [0.05, 0.1) is 0 Å². The van der Waals surface area contributed by atoms with Crippen LogP contribution in [-0.4, -0.2) is 17.6 Å². The number of aryl methyl sites for hydroxylation is 1. The molecule has 0 aliphatic carbocycles. The standard InChI is InChI=1S/C13H15NO2/c1-3-4-5-8-14-13(16)12-7-6-11(15)9-10(12)2/h1,6-7,9,15H,4-5,8H2,2H3,(H,14,16). The monoisotopic (exact) mass is 217 g/mol. The molecule has 1 rings (SSSR count). The summed E-state index contributed by atoms with van der Waals surface area (Å²) in [6, 6.07) is 4.68. The third-order valence-corrected chi connectivity index (χ3v) is 2.24. The second-order valence-electron chi connectivity index (χ2n) is 3.56. The molecule has 0 heterocycles. The van der Waals surface area contributed by atoms with Crippen LogP contribution in [0.3, 0.4) is 0 Å². The highest BCUT2D eigenvalue weighted by molar-refractivity contribution is 5.95. The quantitative estimate of drug-likeness (QED) is 0.597. The first kappa shape index (κ1) is 12.1. The zero-order chi connectivity index (χ0) is 12.0. The Bertz CT molecular complexity index is 418. The first-order chi connectivity index (χ1) is 7.65. The maximum absolute atomic E-state index is 11.7. The summed E-state index contributed by atoms with van der Waals surface area (Å²) in [6.07, 6.45) is 6.55. The van der Waals surface area contributed by atoms with Crippen molar-refractivity contribution < 1.29 is 9.90 Å². The minimum absolute atomic E-state index is 0.130. The lowest BCUT2D eigenvalue weighted by Gasteiger charge is -2.07. The van der Waals surface area contributed by atoms with Crippen molar-refractivity contribution in [3.63, 3.8) is 0 Å². The van der Waals surface area contributed by atoms with E-state index >= 15 is 0 Å². The van der Waals surface area contributed by atoms with Gasteiger partial charge in [-0.15, -0.1) is 12.3 Å². The Hall–Kier alpha value is -1.95. The van der Waals surface area contributed by atoms with E-state index in [9.17, 15) is 9.90 Å². The SMILES string of the molecule is C#CCCCNC(=O)c1ccc(O)cc1C. The Morgan fingerprint density at radius 2 is 2.31 bits per heavy atom. The lowest BCUT2D eigenvalue weighted by molar-refractivity contribution is 0.0953. The van der Waals surface area contributed by atoms with E-state index in [0.29, 0.717) is 18.5 Å². The largest absolute Gasteiger partial charge is 0.508 e. The third-order valence-electron chi connectivity index (χ3n) is 2.24. The van der Waals surface area contributed by atoms with Crippen LogP contribution in [0.4, 0.5) is 0 Å². The van der Waals surface area contributed by atoms with E-state index < -0.39 is 0 Å². The zero-order valence-electron chi connectivity index (χ0n) is 9.29. The molecule has 16 heavy (non-hydrogen) atoms. The fourth-order valence-corrected chi connectivity index (χ4v) is 1.39. The van der Waals surface area contributed by atoms with Crippen molar-refractivity contribution in [2.45, 2.75) is 19.8 Å². The summed E-state index contributed by atoms with van der Waals surface area (Å²) >= 11 is 0. The molecule has 3 nitrogen and oxygen atoms in total. The summed E-state index contributed by atoms with van der Waals surface area (Å²) in [6.45, 7) is 2.36. The number of phenolic OH excluding ortho intramolecular Hbond substituents is 1. The number of rotatable bonds is 4. The predicted octanol–water partition coefficient (Wildman–Crippen LogP) is 1.84. The molecule has 1 aromatic rings. The number of hydrogen-bond acceptors (Lipinski definition) is 2. The van der Waals surface area contributed by atoms with Gasteiger partial charge >= 0.3 is 0 Å². The number of phenols is 1. The molecule has 0 saturated carbocycles. The zero-order valence-corrected chi connectivity index (χ0v) is 9.29. The van der Waals surface area contributed by atoms with Gasteiger partial charge in [0.2, 0.25) is 0 Å². The van der Waals surface area contributed by atoms with Crippen LogP contribution in [0, 0.1) is 19.3 Å². The average molecular weight is 217 g/mol. The number of aromatic hydroxyl groups is 1. The molecular formula is C13H15NO2. The van der Waals surface area contributed by atoms with E-state index in [-0.39, 0.29) is 11.7 Å². The number of amides is 1. The van der Waals surface area contributed by atoms with Crippen molar-refractivity contribution in [1.82, 2.24) is 5.32 Å². The van der Waals surface area contributed by atoms with Gasteiger partial charge in [-0.3, -0.25) is 4.79 Å². The molecule has 2 N–H and O–H groups in total. The topological polar surface area (TPSA) is 49.3 Å². The molecule has 84 valence electrons. The molecule has 0 spiro atoms. The highest BCUT2D eigenvalue weighted by Crippen LogP contribution is 2.15. The Balaban J connectivity index is 2.57.